The molecule has 0 aromatic carbocycles. The van der Waals surface area contributed by atoms with Gasteiger partial charge in [-0.3, -0.25) is 4.79 Å². The first-order valence-corrected chi connectivity index (χ1v) is 7.32. The van der Waals surface area contributed by atoms with Crippen LogP contribution in [0.15, 0.2) is 21.9 Å². The number of rotatable bonds is 5. The summed E-state index contributed by atoms with van der Waals surface area (Å²) in [6, 6.07) is 2.66. The van der Waals surface area contributed by atoms with Crippen molar-refractivity contribution >= 4 is 23.2 Å². The summed E-state index contributed by atoms with van der Waals surface area (Å²) < 4.78 is 5.44. The highest BCUT2D eigenvalue weighted by molar-refractivity contribution is 7.13. The number of carbonyl (C=O) groups excluding carboxylic acids is 1. The van der Waals surface area contributed by atoms with E-state index in [1.165, 1.54) is 11.3 Å². The normalized spacial score (nSPS) is 12.4. The number of aliphatic carboxylic acids is 1. The van der Waals surface area contributed by atoms with Crippen molar-refractivity contribution in [2.24, 2.45) is 5.92 Å². The molecule has 0 radical (unpaired) electrons. The quantitative estimate of drug-likeness (QED) is 0.885. The van der Waals surface area contributed by atoms with Gasteiger partial charge in [0.25, 0.3) is 5.91 Å². The van der Waals surface area contributed by atoms with Gasteiger partial charge in [0, 0.05) is 5.38 Å². The van der Waals surface area contributed by atoms with E-state index in [4.69, 9.17) is 9.52 Å². The highest BCUT2D eigenvalue weighted by atomic mass is 32.1. The Morgan fingerprint density at radius 2 is 2.10 bits per heavy atom. The molecule has 2 aromatic heterocycles. The molecule has 1 amide bonds. The lowest BCUT2D eigenvalue weighted by molar-refractivity contribution is -0.140. The van der Waals surface area contributed by atoms with Gasteiger partial charge in [-0.2, -0.15) is 0 Å². The predicted molar refractivity (Wildman–Crippen MR) is 78.3 cm³/mol. The fourth-order valence-corrected chi connectivity index (χ4v) is 2.53. The molecule has 0 saturated heterocycles. The summed E-state index contributed by atoms with van der Waals surface area (Å²) in [5.74, 6) is -0.415. The Kier molecular flexibility index (Phi) is 4.42. The maximum atomic E-state index is 12.1. The minimum atomic E-state index is -1.06. The maximum Gasteiger partial charge on any atom is 0.326 e. The molecule has 0 spiro atoms. The summed E-state index contributed by atoms with van der Waals surface area (Å²) in [4.78, 5) is 27.3. The number of thiazole rings is 1. The van der Waals surface area contributed by atoms with Crippen molar-refractivity contribution in [1.82, 2.24) is 10.3 Å². The summed E-state index contributed by atoms with van der Waals surface area (Å²) in [6.07, 6.45) is 0. The van der Waals surface area contributed by atoms with Crippen LogP contribution in [0.3, 0.4) is 0 Å². The first-order valence-electron chi connectivity index (χ1n) is 6.44. The third-order valence-corrected chi connectivity index (χ3v) is 3.76. The first-order chi connectivity index (χ1) is 9.88. The number of nitrogens with zero attached hydrogens (tertiary/aromatic N) is 1. The average Bonchev–Trinajstić information content (AvgIpc) is 3.03. The van der Waals surface area contributed by atoms with Gasteiger partial charge in [0.05, 0.1) is 0 Å². The molecule has 0 aliphatic rings. The number of hydrogen-bond donors (Lipinski definition) is 2. The Balaban J connectivity index is 2.14. The van der Waals surface area contributed by atoms with E-state index in [9.17, 15) is 9.59 Å². The molecule has 0 unspecified atom stereocenters. The van der Waals surface area contributed by atoms with Crippen LogP contribution in [0, 0.1) is 12.8 Å². The van der Waals surface area contributed by atoms with Gasteiger partial charge in [-0.25, -0.2) is 9.78 Å². The molecule has 7 heteroatoms. The van der Waals surface area contributed by atoms with Gasteiger partial charge in [0.15, 0.2) is 10.8 Å². The van der Waals surface area contributed by atoms with Gasteiger partial charge >= 0.3 is 5.97 Å². The molecule has 0 saturated carbocycles. The van der Waals surface area contributed by atoms with Crippen LogP contribution in [0.1, 0.15) is 30.1 Å². The van der Waals surface area contributed by atoms with E-state index in [0.717, 1.165) is 5.76 Å². The number of aromatic nitrogens is 1. The second-order valence-corrected chi connectivity index (χ2v) is 5.84. The van der Waals surface area contributed by atoms with Crippen molar-refractivity contribution in [2.75, 3.05) is 0 Å². The van der Waals surface area contributed by atoms with E-state index in [1.54, 1.807) is 25.3 Å². The number of carboxylic acids is 1. The molecule has 112 valence electrons. The zero-order valence-electron chi connectivity index (χ0n) is 11.9. The molecule has 0 aliphatic carbocycles. The fourth-order valence-electron chi connectivity index (χ4n) is 1.77. The molecule has 2 N–H and O–H groups in total. The lowest BCUT2D eigenvalue weighted by Gasteiger charge is -2.16. The van der Waals surface area contributed by atoms with Gasteiger partial charge in [0.1, 0.15) is 17.5 Å². The molecule has 6 nitrogen and oxygen atoms in total. The van der Waals surface area contributed by atoms with Gasteiger partial charge in [0.2, 0.25) is 0 Å². The van der Waals surface area contributed by atoms with Crippen molar-refractivity contribution in [3.05, 3.63) is 29.0 Å². The number of hydrogen-bond acceptors (Lipinski definition) is 5. The molecule has 2 aromatic rings. The Bertz CT molecular complexity index is 659. The van der Waals surface area contributed by atoms with Crippen LogP contribution in [-0.2, 0) is 4.79 Å². The third-order valence-electron chi connectivity index (χ3n) is 2.91. The van der Waals surface area contributed by atoms with Crippen LogP contribution >= 0.6 is 11.3 Å². The average molecular weight is 308 g/mol. The number of amides is 1. The van der Waals surface area contributed by atoms with Crippen molar-refractivity contribution < 1.29 is 19.1 Å². The highest BCUT2D eigenvalue weighted by Crippen LogP contribution is 2.25. The standard InChI is InChI=1S/C14H16N2O4S/c1-7(2)11(14(18)19)16-12(17)9-6-21-13(15-9)10-5-4-8(3)20-10/h4-7,11H,1-3H3,(H,16,17)(H,18,19)/t11-/m0/s1. The molecule has 2 rings (SSSR count). The summed E-state index contributed by atoms with van der Waals surface area (Å²) in [5, 5.41) is 13.7. The zero-order chi connectivity index (χ0) is 15.6. The van der Waals surface area contributed by atoms with Crippen LogP contribution in [0.4, 0.5) is 0 Å². The maximum absolute atomic E-state index is 12.1. The summed E-state index contributed by atoms with van der Waals surface area (Å²) >= 11 is 1.28. The number of nitrogens with one attached hydrogen (secondary N) is 1. The van der Waals surface area contributed by atoms with Crippen LogP contribution < -0.4 is 5.32 Å². The molecule has 0 bridgehead atoms. The molecule has 0 aliphatic heterocycles. The predicted octanol–water partition coefficient (Wildman–Crippen LogP) is 2.55. The van der Waals surface area contributed by atoms with Crippen molar-refractivity contribution in [3.63, 3.8) is 0 Å². The van der Waals surface area contributed by atoms with Gasteiger partial charge in [-0.1, -0.05) is 13.8 Å². The van der Waals surface area contributed by atoms with Crippen LogP contribution in [-0.4, -0.2) is 28.0 Å². The van der Waals surface area contributed by atoms with E-state index in [0.29, 0.717) is 10.8 Å². The number of aryl methyl sites for hydroxylation is 1. The Labute approximate surface area is 125 Å². The van der Waals surface area contributed by atoms with Crippen molar-refractivity contribution in [3.8, 4) is 10.8 Å². The van der Waals surface area contributed by atoms with Crippen molar-refractivity contribution in [2.45, 2.75) is 26.8 Å². The lowest BCUT2D eigenvalue weighted by atomic mass is 10.0. The Morgan fingerprint density at radius 3 is 2.62 bits per heavy atom. The highest BCUT2D eigenvalue weighted by Gasteiger charge is 2.25. The van der Waals surface area contributed by atoms with E-state index < -0.39 is 17.9 Å². The van der Waals surface area contributed by atoms with E-state index in [2.05, 4.69) is 10.3 Å². The molecular weight excluding hydrogens is 292 g/mol. The molecule has 21 heavy (non-hydrogen) atoms. The molecule has 2 heterocycles. The molecular formula is C14H16N2O4S. The number of carboxylic acid groups (broad SMARTS) is 1. The number of carbonyl (C=O) groups is 2. The largest absolute Gasteiger partial charge is 0.480 e. The minimum Gasteiger partial charge on any atom is -0.480 e. The van der Waals surface area contributed by atoms with Crippen LogP contribution in [0.25, 0.3) is 10.8 Å². The van der Waals surface area contributed by atoms with Crippen LogP contribution in [0.5, 0.6) is 0 Å². The van der Waals surface area contributed by atoms with Crippen LogP contribution in [0.2, 0.25) is 0 Å². The second-order valence-electron chi connectivity index (χ2n) is 4.98. The summed E-state index contributed by atoms with van der Waals surface area (Å²) in [6.45, 7) is 5.29. The van der Waals surface area contributed by atoms with E-state index in [1.807, 2.05) is 13.0 Å². The summed E-state index contributed by atoms with van der Waals surface area (Å²) in [7, 11) is 0. The zero-order valence-corrected chi connectivity index (χ0v) is 12.7. The fraction of sp³-hybridized carbons (Fsp3) is 0.357. The molecule has 0 fully saturated rings. The van der Waals surface area contributed by atoms with Gasteiger partial charge in [-0.15, -0.1) is 11.3 Å². The SMILES string of the molecule is Cc1ccc(-c2nc(C(=O)N[C@H](C(=O)O)C(C)C)cs2)o1. The first kappa shape index (κ1) is 15.2. The summed E-state index contributed by atoms with van der Waals surface area (Å²) in [5.41, 5.74) is 0.191. The van der Waals surface area contributed by atoms with E-state index >= 15 is 0 Å². The van der Waals surface area contributed by atoms with Gasteiger partial charge in [-0.05, 0) is 25.0 Å². The Hall–Kier alpha value is -2.15. The third kappa shape index (κ3) is 3.49. The molecule has 1 atom stereocenters. The smallest absolute Gasteiger partial charge is 0.326 e. The minimum absolute atomic E-state index is 0.191. The van der Waals surface area contributed by atoms with Gasteiger partial charge < -0.3 is 14.8 Å². The second kappa shape index (κ2) is 6.09. The monoisotopic (exact) mass is 308 g/mol. The number of furan rings is 1. The van der Waals surface area contributed by atoms with E-state index in [-0.39, 0.29) is 11.6 Å². The van der Waals surface area contributed by atoms with Crippen molar-refractivity contribution in [1.29, 1.82) is 0 Å². The topological polar surface area (TPSA) is 92.4 Å². The Morgan fingerprint density at radius 1 is 1.38 bits per heavy atom. The lowest BCUT2D eigenvalue weighted by Crippen LogP contribution is -2.44.